The maximum atomic E-state index is 13.6. The van der Waals surface area contributed by atoms with Crippen LogP contribution in [-0.4, -0.2) is 63.7 Å². The Morgan fingerprint density at radius 3 is 2.27 bits per heavy atom. The highest BCUT2D eigenvalue weighted by atomic mass is 16.3. The van der Waals surface area contributed by atoms with Crippen LogP contribution in [0.2, 0.25) is 0 Å². The number of anilines is 1. The van der Waals surface area contributed by atoms with Crippen molar-refractivity contribution in [1.82, 2.24) is 9.80 Å². The van der Waals surface area contributed by atoms with Crippen LogP contribution in [-0.2, 0) is 11.2 Å². The van der Waals surface area contributed by atoms with Crippen molar-refractivity contribution in [1.29, 1.82) is 0 Å². The standard InChI is InChI=1S/C26H33N3O4/c1-18(2)17-28-24(32)26(29(25(28)33)13-10-20-5-8-22(30)9-6-20)11-14-27(15-12-26)21-7-4-19(3)23(31)16-21/h4-9,16,18,30-31H,10-15,17H2,1-3H3. The largest absolute Gasteiger partial charge is 0.508 e. The van der Waals surface area contributed by atoms with Crippen molar-refractivity contribution in [3.8, 4) is 11.5 Å². The molecule has 7 nitrogen and oxygen atoms in total. The van der Waals surface area contributed by atoms with E-state index in [1.54, 1.807) is 23.1 Å². The maximum absolute atomic E-state index is 13.6. The Kier molecular flexibility index (Phi) is 6.23. The third-order valence-electron chi connectivity index (χ3n) is 6.88. The van der Waals surface area contributed by atoms with Gasteiger partial charge in [-0.2, -0.15) is 0 Å². The van der Waals surface area contributed by atoms with Gasteiger partial charge in [-0.1, -0.05) is 32.0 Å². The van der Waals surface area contributed by atoms with Gasteiger partial charge in [-0.05, 0) is 61.4 Å². The van der Waals surface area contributed by atoms with Gasteiger partial charge >= 0.3 is 6.03 Å². The Morgan fingerprint density at radius 2 is 1.67 bits per heavy atom. The van der Waals surface area contributed by atoms with E-state index in [0.29, 0.717) is 45.4 Å². The zero-order valence-electron chi connectivity index (χ0n) is 19.6. The summed E-state index contributed by atoms with van der Waals surface area (Å²) in [6, 6.07) is 12.4. The van der Waals surface area contributed by atoms with Crippen molar-refractivity contribution in [2.24, 2.45) is 5.92 Å². The van der Waals surface area contributed by atoms with Crippen molar-refractivity contribution >= 4 is 17.6 Å². The number of urea groups is 1. The van der Waals surface area contributed by atoms with Crippen LogP contribution >= 0.6 is 0 Å². The van der Waals surface area contributed by atoms with Crippen molar-refractivity contribution in [3.05, 3.63) is 53.6 Å². The lowest BCUT2D eigenvalue weighted by atomic mass is 9.85. The molecule has 2 fully saturated rings. The fourth-order valence-electron chi connectivity index (χ4n) is 4.93. The lowest BCUT2D eigenvalue weighted by Crippen LogP contribution is -2.57. The van der Waals surface area contributed by atoms with Gasteiger partial charge in [-0.25, -0.2) is 4.79 Å². The van der Waals surface area contributed by atoms with Crippen LogP contribution < -0.4 is 4.90 Å². The predicted octanol–water partition coefficient (Wildman–Crippen LogP) is 3.91. The zero-order valence-corrected chi connectivity index (χ0v) is 19.6. The summed E-state index contributed by atoms with van der Waals surface area (Å²) in [5, 5.41) is 19.7. The van der Waals surface area contributed by atoms with E-state index in [4.69, 9.17) is 0 Å². The summed E-state index contributed by atoms with van der Waals surface area (Å²) < 4.78 is 0. The van der Waals surface area contributed by atoms with Crippen LogP contribution in [0.4, 0.5) is 10.5 Å². The van der Waals surface area contributed by atoms with Crippen molar-refractivity contribution < 1.29 is 19.8 Å². The van der Waals surface area contributed by atoms with Gasteiger partial charge < -0.3 is 20.0 Å². The van der Waals surface area contributed by atoms with Crippen LogP contribution in [0.25, 0.3) is 0 Å². The Morgan fingerprint density at radius 1 is 1.00 bits per heavy atom. The number of phenolic OH excluding ortho intramolecular Hbond substituents is 2. The number of piperidine rings is 1. The van der Waals surface area contributed by atoms with Gasteiger partial charge in [0.05, 0.1) is 0 Å². The molecule has 2 heterocycles. The fraction of sp³-hybridized carbons (Fsp3) is 0.462. The normalized spacial score (nSPS) is 18.1. The molecule has 0 atom stereocenters. The first kappa shape index (κ1) is 23.0. The summed E-state index contributed by atoms with van der Waals surface area (Å²) in [7, 11) is 0. The third kappa shape index (κ3) is 4.36. The third-order valence-corrected chi connectivity index (χ3v) is 6.88. The number of carbonyl (C=O) groups excluding carboxylic acids is 2. The van der Waals surface area contributed by atoms with Crippen LogP contribution in [0.1, 0.15) is 37.8 Å². The fourth-order valence-corrected chi connectivity index (χ4v) is 4.93. The molecule has 2 aliphatic heterocycles. The number of hydrogen-bond donors (Lipinski definition) is 2. The number of aryl methyl sites for hydroxylation is 1. The van der Waals surface area contributed by atoms with Gasteiger partial charge in [0.2, 0.25) is 0 Å². The van der Waals surface area contributed by atoms with Crippen LogP contribution in [0.5, 0.6) is 11.5 Å². The molecule has 0 bridgehead atoms. The van der Waals surface area contributed by atoms with E-state index in [1.807, 2.05) is 45.0 Å². The number of imide groups is 1. The molecule has 0 aliphatic carbocycles. The second-order valence-corrected chi connectivity index (χ2v) is 9.65. The van der Waals surface area contributed by atoms with E-state index < -0.39 is 5.54 Å². The molecule has 4 rings (SSSR count). The monoisotopic (exact) mass is 451 g/mol. The number of benzene rings is 2. The number of nitrogens with zero attached hydrogens (tertiary/aromatic N) is 3. The SMILES string of the molecule is Cc1ccc(N2CCC3(CC2)C(=O)N(CC(C)C)C(=O)N3CCc2ccc(O)cc2)cc1O. The molecule has 1 spiro atoms. The van der Waals surface area contributed by atoms with E-state index in [0.717, 1.165) is 16.8 Å². The van der Waals surface area contributed by atoms with Crippen molar-refractivity contribution in [2.45, 2.75) is 45.6 Å². The summed E-state index contributed by atoms with van der Waals surface area (Å²) in [6.45, 7) is 8.03. The molecule has 7 heteroatoms. The molecule has 0 radical (unpaired) electrons. The first-order valence-electron chi connectivity index (χ1n) is 11.7. The van der Waals surface area contributed by atoms with E-state index in [1.165, 1.54) is 4.90 Å². The molecule has 0 saturated carbocycles. The highest BCUT2D eigenvalue weighted by molar-refractivity contribution is 6.07. The highest BCUT2D eigenvalue weighted by Gasteiger charge is 2.57. The minimum Gasteiger partial charge on any atom is -0.508 e. The quantitative estimate of drug-likeness (QED) is 0.651. The maximum Gasteiger partial charge on any atom is 0.327 e. The molecule has 2 aromatic carbocycles. The Hall–Kier alpha value is -3.22. The zero-order chi connectivity index (χ0) is 23.8. The van der Waals surface area contributed by atoms with E-state index in [9.17, 15) is 19.8 Å². The molecular weight excluding hydrogens is 418 g/mol. The second-order valence-electron chi connectivity index (χ2n) is 9.65. The summed E-state index contributed by atoms with van der Waals surface area (Å²) in [6.07, 6.45) is 1.72. The summed E-state index contributed by atoms with van der Waals surface area (Å²) >= 11 is 0. The van der Waals surface area contributed by atoms with Crippen LogP contribution in [0, 0.1) is 12.8 Å². The summed E-state index contributed by atoms with van der Waals surface area (Å²) in [4.78, 5) is 32.4. The van der Waals surface area contributed by atoms with Gasteiger partial charge in [0, 0.05) is 37.9 Å². The Balaban J connectivity index is 1.55. The number of rotatable bonds is 6. The molecule has 3 amide bonds. The lowest BCUT2D eigenvalue weighted by Gasteiger charge is -2.43. The lowest BCUT2D eigenvalue weighted by molar-refractivity contribution is -0.134. The van der Waals surface area contributed by atoms with Gasteiger partial charge in [0.15, 0.2) is 0 Å². The summed E-state index contributed by atoms with van der Waals surface area (Å²) in [5.74, 6) is 0.583. The first-order chi connectivity index (χ1) is 15.7. The molecule has 33 heavy (non-hydrogen) atoms. The van der Waals surface area contributed by atoms with Crippen molar-refractivity contribution in [2.75, 3.05) is 31.1 Å². The molecule has 2 aliphatic rings. The van der Waals surface area contributed by atoms with Crippen molar-refractivity contribution in [3.63, 3.8) is 0 Å². The minimum absolute atomic E-state index is 0.0849. The molecular formula is C26H33N3O4. The number of carbonyl (C=O) groups is 2. The number of phenols is 2. The number of aromatic hydroxyl groups is 2. The second kappa shape index (κ2) is 8.96. The van der Waals surface area contributed by atoms with E-state index in [2.05, 4.69) is 4.90 Å². The van der Waals surface area contributed by atoms with E-state index >= 15 is 0 Å². The average molecular weight is 452 g/mol. The van der Waals surface area contributed by atoms with Gasteiger partial charge in [0.1, 0.15) is 17.0 Å². The molecule has 2 aromatic rings. The van der Waals surface area contributed by atoms with Gasteiger partial charge in [0.25, 0.3) is 5.91 Å². The van der Waals surface area contributed by atoms with Gasteiger partial charge in [-0.3, -0.25) is 9.69 Å². The molecule has 0 unspecified atom stereocenters. The first-order valence-corrected chi connectivity index (χ1v) is 11.7. The van der Waals surface area contributed by atoms with E-state index in [-0.39, 0.29) is 29.4 Å². The van der Waals surface area contributed by atoms with Crippen LogP contribution in [0.15, 0.2) is 42.5 Å². The smallest absolute Gasteiger partial charge is 0.327 e. The topological polar surface area (TPSA) is 84.3 Å². The number of hydrogen-bond acceptors (Lipinski definition) is 5. The molecule has 0 aromatic heterocycles. The molecule has 2 saturated heterocycles. The number of amides is 3. The average Bonchev–Trinajstić information content (AvgIpc) is 2.97. The molecule has 176 valence electrons. The minimum atomic E-state index is -0.827. The summed E-state index contributed by atoms with van der Waals surface area (Å²) in [5.41, 5.74) is 1.94. The molecule has 2 N–H and O–H groups in total. The Labute approximate surface area is 195 Å². The highest BCUT2D eigenvalue weighted by Crippen LogP contribution is 2.39. The predicted molar refractivity (Wildman–Crippen MR) is 127 cm³/mol. The van der Waals surface area contributed by atoms with Gasteiger partial charge in [-0.15, -0.1) is 0 Å². The van der Waals surface area contributed by atoms with Crippen LogP contribution in [0.3, 0.4) is 0 Å². The Bertz CT molecular complexity index is 1030.